The number of rotatable bonds is 11. The Balaban J connectivity index is 1.16. The van der Waals surface area contributed by atoms with E-state index in [0.29, 0.717) is 6.42 Å². The van der Waals surface area contributed by atoms with E-state index in [-0.39, 0.29) is 6.67 Å². The highest BCUT2D eigenvalue weighted by Crippen LogP contribution is 2.42. The van der Waals surface area contributed by atoms with Crippen LogP contribution in [0.5, 0.6) is 0 Å². The Morgan fingerprint density at radius 1 is 0.657 bits per heavy atom. The fourth-order valence-electron chi connectivity index (χ4n) is 6.69. The summed E-state index contributed by atoms with van der Waals surface area (Å²) in [6.45, 7) is 1.95. The van der Waals surface area contributed by atoms with Crippen LogP contribution in [0.25, 0.3) is 11.1 Å². The van der Waals surface area contributed by atoms with Crippen molar-refractivity contribution >= 4 is 0 Å². The standard InChI is InChI=1S/C34H47F/c1-2-3-6-27-10-18-31(19-11-27)33-22-14-29(15-23-33)8-9-30-16-24-34(25-17-30)32-20-12-28(13-21-32)7-4-5-26-35/h2-3,12-13,16-17,20-21,24-25,27,29,31,33H,4-11,14-15,18-19,22-23,26H2,1H3/b3-2-. The van der Waals surface area contributed by atoms with E-state index in [1.165, 1.54) is 92.9 Å². The van der Waals surface area contributed by atoms with Crippen LogP contribution in [0.2, 0.25) is 0 Å². The summed E-state index contributed by atoms with van der Waals surface area (Å²) in [4.78, 5) is 0. The molecule has 0 atom stereocenters. The second-order valence-corrected chi connectivity index (χ2v) is 11.4. The molecule has 0 saturated heterocycles. The Morgan fingerprint density at radius 3 is 1.69 bits per heavy atom. The lowest BCUT2D eigenvalue weighted by atomic mass is 9.68. The zero-order valence-corrected chi connectivity index (χ0v) is 22.1. The van der Waals surface area contributed by atoms with Crippen LogP contribution in [0.15, 0.2) is 60.7 Å². The molecule has 0 spiro atoms. The Morgan fingerprint density at radius 2 is 1.17 bits per heavy atom. The van der Waals surface area contributed by atoms with E-state index < -0.39 is 0 Å². The molecule has 0 aliphatic heterocycles. The molecule has 2 aromatic rings. The Labute approximate surface area is 214 Å². The average Bonchev–Trinajstić information content (AvgIpc) is 2.92. The van der Waals surface area contributed by atoms with E-state index in [1.54, 1.807) is 0 Å². The second kappa shape index (κ2) is 14.0. The lowest BCUT2D eigenvalue weighted by Crippen LogP contribution is -2.26. The van der Waals surface area contributed by atoms with Crippen LogP contribution in [-0.4, -0.2) is 6.67 Å². The van der Waals surface area contributed by atoms with Crippen molar-refractivity contribution in [1.82, 2.24) is 0 Å². The SMILES string of the molecule is C/C=C\CC1CCC(C2CCC(CCc3ccc(-c4ccc(CCCCF)cc4)cc3)CC2)CC1. The monoisotopic (exact) mass is 474 g/mol. The molecule has 2 fully saturated rings. The first kappa shape index (κ1) is 26.2. The van der Waals surface area contributed by atoms with Gasteiger partial charge in [0, 0.05) is 0 Å². The topological polar surface area (TPSA) is 0 Å². The van der Waals surface area contributed by atoms with Gasteiger partial charge in [-0.15, -0.1) is 0 Å². The minimum atomic E-state index is -0.204. The van der Waals surface area contributed by atoms with Crippen molar-refractivity contribution in [3.05, 3.63) is 71.8 Å². The van der Waals surface area contributed by atoms with Gasteiger partial charge in [0.25, 0.3) is 0 Å². The maximum absolute atomic E-state index is 12.3. The fraction of sp³-hybridized carbons (Fsp3) is 0.588. The molecule has 0 amide bonds. The zero-order valence-electron chi connectivity index (χ0n) is 22.1. The highest BCUT2D eigenvalue weighted by atomic mass is 19.1. The highest BCUT2D eigenvalue weighted by molar-refractivity contribution is 5.64. The molecule has 0 radical (unpaired) electrons. The summed E-state index contributed by atoms with van der Waals surface area (Å²) in [7, 11) is 0. The van der Waals surface area contributed by atoms with Gasteiger partial charge < -0.3 is 0 Å². The fourth-order valence-corrected chi connectivity index (χ4v) is 6.69. The van der Waals surface area contributed by atoms with Gasteiger partial charge >= 0.3 is 0 Å². The summed E-state index contributed by atoms with van der Waals surface area (Å²) in [6, 6.07) is 18.1. The summed E-state index contributed by atoms with van der Waals surface area (Å²) < 4.78 is 12.3. The van der Waals surface area contributed by atoms with Gasteiger partial charge in [-0.3, -0.25) is 4.39 Å². The summed E-state index contributed by atoms with van der Waals surface area (Å²) in [6.07, 6.45) is 22.9. The molecule has 0 bridgehead atoms. The van der Waals surface area contributed by atoms with E-state index in [0.717, 1.165) is 36.5 Å². The van der Waals surface area contributed by atoms with E-state index in [9.17, 15) is 4.39 Å². The van der Waals surface area contributed by atoms with Gasteiger partial charge in [0.15, 0.2) is 0 Å². The van der Waals surface area contributed by atoms with Gasteiger partial charge in [-0.05, 0) is 130 Å². The Hall–Kier alpha value is -1.89. The van der Waals surface area contributed by atoms with Crippen LogP contribution in [0.1, 0.15) is 95.1 Å². The normalized spacial score (nSPS) is 25.2. The molecule has 2 aliphatic rings. The van der Waals surface area contributed by atoms with Gasteiger partial charge in [0.1, 0.15) is 0 Å². The van der Waals surface area contributed by atoms with Gasteiger partial charge in [-0.25, -0.2) is 0 Å². The molecule has 2 aromatic carbocycles. The van der Waals surface area contributed by atoms with Gasteiger partial charge in [-0.2, -0.15) is 0 Å². The molecule has 0 aromatic heterocycles. The highest BCUT2D eigenvalue weighted by Gasteiger charge is 2.30. The molecule has 2 aliphatic carbocycles. The molecular formula is C34H47F. The van der Waals surface area contributed by atoms with E-state index in [4.69, 9.17) is 0 Å². The van der Waals surface area contributed by atoms with Crippen LogP contribution >= 0.6 is 0 Å². The van der Waals surface area contributed by atoms with Crippen LogP contribution in [0, 0.1) is 23.7 Å². The maximum atomic E-state index is 12.3. The molecule has 0 unspecified atom stereocenters. The van der Waals surface area contributed by atoms with Crippen LogP contribution < -0.4 is 0 Å². The first-order chi connectivity index (χ1) is 17.2. The number of halogens is 1. The van der Waals surface area contributed by atoms with Crippen molar-refractivity contribution in [2.24, 2.45) is 23.7 Å². The van der Waals surface area contributed by atoms with Crippen LogP contribution in [0.3, 0.4) is 0 Å². The number of aryl methyl sites for hydroxylation is 2. The number of alkyl halides is 1. The predicted molar refractivity (Wildman–Crippen MR) is 149 cm³/mol. The van der Waals surface area contributed by atoms with Gasteiger partial charge in [-0.1, -0.05) is 73.5 Å². The smallest absolute Gasteiger partial charge is 0.0894 e. The number of hydrogen-bond acceptors (Lipinski definition) is 0. The van der Waals surface area contributed by atoms with E-state index in [2.05, 4.69) is 67.6 Å². The minimum absolute atomic E-state index is 0.204. The number of hydrogen-bond donors (Lipinski definition) is 0. The van der Waals surface area contributed by atoms with E-state index in [1.807, 2.05) is 0 Å². The summed E-state index contributed by atoms with van der Waals surface area (Å²) in [5.74, 6) is 3.93. The van der Waals surface area contributed by atoms with E-state index >= 15 is 0 Å². The van der Waals surface area contributed by atoms with Crippen molar-refractivity contribution in [2.75, 3.05) is 6.67 Å². The second-order valence-electron chi connectivity index (χ2n) is 11.4. The quantitative estimate of drug-likeness (QED) is 0.224. The third-order valence-electron chi connectivity index (χ3n) is 9.09. The summed E-state index contributed by atoms with van der Waals surface area (Å²) >= 11 is 0. The van der Waals surface area contributed by atoms with Crippen molar-refractivity contribution in [2.45, 2.75) is 96.8 Å². The average molecular weight is 475 g/mol. The lowest BCUT2D eigenvalue weighted by molar-refractivity contribution is 0.144. The maximum Gasteiger partial charge on any atom is 0.0894 e. The third-order valence-corrected chi connectivity index (χ3v) is 9.09. The number of benzene rings is 2. The largest absolute Gasteiger partial charge is 0.251 e. The molecule has 35 heavy (non-hydrogen) atoms. The van der Waals surface area contributed by atoms with Crippen LogP contribution in [-0.2, 0) is 12.8 Å². The van der Waals surface area contributed by atoms with Crippen LogP contribution in [0.4, 0.5) is 4.39 Å². The zero-order chi connectivity index (χ0) is 24.3. The van der Waals surface area contributed by atoms with Crippen molar-refractivity contribution in [3.63, 3.8) is 0 Å². The number of allylic oxidation sites excluding steroid dienone is 2. The molecule has 0 N–H and O–H groups in total. The molecule has 2 saturated carbocycles. The Bertz CT molecular complexity index is 862. The number of unbranched alkanes of at least 4 members (excludes halogenated alkanes) is 1. The van der Waals surface area contributed by atoms with Gasteiger partial charge in [0.05, 0.1) is 6.67 Å². The van der Waals surface area contributed by atoms with Crippen molar-refractivity contribution in [3.8, 4) is 11.1 Å². The molecule has 1 heteroatoms. The first-order valence-electron chi connectivity index (χ1n) is 14.6. The first-order valence-corrected chi connectivity index (χ1v) is 14.6. The minimum Gasteiger partial charge on any atom is -0.251 e. The third kappa shape index (κ3) is 8.06. The molecular weight excluding hydrogens is 427 g/mol. The summed E-state index contributed by atoms with van der Waals surface area (Å²) in [5, 5.41) is 0. The molecule has 0 heterocycles. The summed E-state index contributed by atoms with van der Waals surface area (Å²) in [5.41, 5.74) is 5.37. The Kier molecular flexibility index (Phi) is 10.5. The molecule has 4 rings (SSSR count). The van der Waals surface area contributed by atoms with Crippen molar-refractivity contribution in [1.29, 1.82) is 0 Å². The van der Waals surface area contributed by atoms with Crippen molar-refractivity contribution < 1.29 is 4.39 Å². The predicted octanol–water partition coefficient (Wildman–Crippen LogP) is 10.2. The van der Waals surface area contributed by atoms with Gasteiger partial charge in [0.2, 0.25) is 0 Å². The molecule has 190 valence electrons. The lowest BCUT2D eigenvalue weighted by Gasteiger charge is -2.37. The molecule has 0 nitrogen and oxygen atoms in total.